The highest BCUT2D eigenvalue weighted by Gasteiger charge is 2.14. The zero-order valence-electron chi connectivity index (χ0n) is 10.2. The van der Waals surface area contributed by atoms with Crippen molar-refractivity contribution in [3.8, 4) is 0 Å². The molecular weight excluding hydrogens is 275 g/mol. The maximum absolute atomic E-state index is 11.6. The van der Waals surface area contributed by atoms with Crippen molar-refractivity contribution in [2.24, 2.45) is 0 Å². The Labute approximate surface area is 120 Å². The summed E-state index contributed by atoms with van der Waals surface area (Å²) in [5.74, 6) is 0.115. The molecule has 1 aliphatic heterocycles. The third-order valence-corrected chi connectivity index (χ3v) is 2.79. The van der Waals surface area contributed by atoms with Gasteiger partial charge in [0.1, 0.15) is 0 Å². The summed E-state index contributed by atoms with van der Waals surface area (Å²) < 4.78 is 1.78. The summed E-state index contributed by atoms with van der Waals surface area (Å²) in [5.41, 5.74) is 0. The number of hydrogen-bond acceptors (Lipinski definition) is 3. The van der Waals surface area contributed by atoms with E-state index in [1.807, 2.05) is 12.3 Å². The average molecular weight is 295 g/mol. The molecule has 5 nitrogen and oxygen atoms in total. The number of amides is 1. The summed E-state index contributed by atoms with van der Waals surface area (Å²) in [5, 5.41) is 10.4. The van der Waals surface area contributed by atoms with Gasteiger partial charge in [-0.3, -0.25) is 9.48 Å². The van der Waals surface area contributed by atoms with Gasteiger partial charge in [0, 0.05) is 37.9 Å². The largest absolute Gasteiger partial charge is 0.352 e. The molecule has 1 aliphatic rings. The number of piperidine rings is 1. The Morgan fingerprint density at radius 3 is 2.94 bits per heavy atom. The summed E-state index contributed by atoms with van der Waals surface area (Å²) >= 11 is 0. The molecule has 0 spiro atoms. The molecule has 0 radical (unpaired) electrons. The van der Waals surface area contributed by atoms with E-state index in [2.05, 4.69) is 15.7 Å². The highest BCUT2D eigenvalue weighted by Crippen LogP contribution is 2.01. The van der Waals surface area contributed by atoms with Crippen molar-refractivity contribution in [3.05, 3.63) is 18.5 Å². The minimum atomic E-state index is 0. The molecule has 1 fully saturated rings. The van der Waals surface area contributed by atoms with Crippen molar-refractivity contribution in [1.29, 1.82) is 0 Å². The van der Waals surface area contributed by atoms with E-state index in [-0.39, 0.29) is 30.7 Å². The topological polar surface area (TPSA) is 59.0 Å². The van der Waals surface area contributed by atoms with Gasteiger partial charge < -0.3 is 10.6 Å². The second-order valence-corrected chi connectivity index (χ2v) is 4.13. The molecule has 1 unspecified atom stereocenters. The number of nitrogens with zero attached hydrogens (tertiary/aromatic N) is 2. The Morgan fingerprint density at radius 1 is 1.50 bits per heavy atom. The van der Waals surface area contributed by atoms with Gasteiger partial charge in [0.2, 0.25) is 5.91 Å². The lowest BCUT2D eigenvalue weighted by Crippen LogP contribution is -2.45. The van der Waals surface area contributed by atoms with Gasteiger partial charge in [-0.1, -0.05) is 0 Å². The lowest BCUT2D eigenvalue weighted by atomic mass is 10.1. The first-order valence-corrected chi connectivity index (χ1v) is 5.82. The first kappa shape index (κ1) is 17.2. The highest BCUT2D eigenvalue weighted by atomic mass is 35.5. The van der Waals surface area contributed by atoms with Crippen molar-refractivity contribution in [2.75, 3.05) is 13.1 Å². The third-order valence-electron chi connectivity index (χ3n) is 2.79. The molecule has 1 saturated heterocycles. The van der Waals surface area contributed by atoms with Crippen LogP contribution in [-0.4, -0.2) is 34.8 Å². The lowest BCUT2D eigenvalue weighted by molar-refractivity contribution is -0.122. The van der Waals surface area contributed by atoms with Crippen molar-refractivity contribution < 1.29 is 4.79 Å². The SMILES string of the molecule is Cl.Cl.O=C(CCn1cccn1)NC1CCCNC1. The molecule has 2 rings (SSSR count). The molecule has 2 N–H and O–H groups in total. The lowest BCUT2D eigenvalue weighted by Gasteiger charge is -2.23. The fraction of sp³-hybridized carbons (Fsp3) is 0.636. The number of hydrogen-bond donors (Lipinski definition) is 2. The first-order valence-electron chi connectivity index (χ1n) is 5.82. The van der Waals surface area contributed by atoms with Crippen molar-refractivity contribution in [1.82, 2.24) is 20.4 Å². The van der Waals surface area contributed by atoms with Gasteiger partial charge >= 0.3 is 0 Å². The van der Waals surface area contributed by atoms with E-state index in [1.54, 1.807) is 10.9 Å². The molecule has 1 aromatic rings. The van der Waals surface area contributed by atoms with Crippen LogP contribution < -0.4 is 10.6 Å². The molecule has 1 atom stereocenters. The zero-order valence-corrected chi connectivity index (χ0v) is 11.8. The molecule has 0 aliphatic carbocycles. The fourth-order valence-electron chi connectivity index (χ4n) is 1.92. The molecule has 104 valence electrons. The van der Waals surface area contributed by atoms with E-state index in [4.69, 9.17) is 0 Å². The van der Waals surface area contributed by atoms with Crippen LogP contribution in [0.25, 0.3) is 0 Å². The Balaban J connectivity index is 0.00000144. The van der Waals surface area contributed by atoms with Crippen molar-refractivity contribution in [3.63, 3.8) is 0 Å². The second kappa shape index (κ2) is 9.19. The maximum atomic E-state index is 11.6. The molecule has 2 heterocycles. The van der Waals surface area contributed by atoms with Crippen molar-refractivity contribution in [2.45, 2.75) is 31.8 Å². The van der Waals surface area contributed by atoms with E-state index in [9.17, 15) is 4.79 Å². The van der Waals surface area contributed by atoms with Crippen LogP contribution in [0.5, 0.6) is 0 Å². The first-order chi connectivity index (χ1) is 7.84. The molecule has 18 heavy (non-hydrogen) atoms. The van der Waals surface area contributed by atoms with Gasteiger partial charge in [-0.25, -0.2) is 0 Å². The summed E-state index contributed by atoms with van der Waals surface area (Å²) in [6.45, 7) is 2.62. The van der Waals surface area contributed by atoms with Crippen LogP contribution in [0.1, 0.15) is 19.3 Å². The van der Waals surface area contributed by atoms with E-state index < -0.39 is 0 Å². The second-order valence-electron chi connectivity index (χ2n) is 4.13. The van der Waals surface area contributed by atoms with Gasteiger partial charge in [0.25, 0.3) is 0 Å². The Kier molecular flexibility index (Phi) is 8.79. The van der Waals surface area contributed by atoms with Gasteiger partial charge in [-0.2, -0.15) is 5.10 Å². The smallest absolute Gasteiger partial charge is 0.222 e. The summed E-state index contributed by atoms with van der Waals surface area (Å²) in [6, 6.07) is 2.17. The van der Waals surface area contributed by atoms with Crippen LogP contribution in [0.4, 0.5) is 0 Å². The summed E-state index contributed by atoms with van der Waals surface area (Å²) in [4.78, 5) is 11.6. The minimum Gasteiger partial charge on any atom is -0.352 e. The standard InChI is InChI=1S/C11H18N4O.2ClH/c16-11(4-8-15-7-2-6-13-15)14-10-3-1-5-12-9-10;;/h2,6-7,10,12H,1,3-5,8-9H2,(H,14,16);2*1H. The van der Waals surface area contributed by atoms with Crippen LogP contribution in [0.15, 0.2) is 18.5 Å². The van der Waals surface area contributed by atoms with E-state index in [0.717, 1.165) is 25.9 Å². The van der Waals surface area contributed by atoms with Crippen LogP contribution in [0.3, 0.4) is 0 Å². The summed E-state index contributed by atoms with van der Waals surface area (Å²) in [6.07, 6.45) is 6.32. The molecular formula is C11H20Cl2N4O. The maximum Gasteiger partial charge on any atom is 0.222 e. The van der Waals surface area contributed by atoms with Crippen LogP contribution in [0, 0.1) is 0 Å². The Morgan fingerprint density at radius 2 is 2.33 bits per heavy atom. The predicted molar refractivity (Wildman–Crippen MR) is 75.4 cm³/mol. The minimum absolute atomic E-state index is 0. The number of aryl methyl sites for hydroxylation is 1. The Bertz CT molecular complexity index is 326. The predicted octanol–water partition coefficient (Wildman–Crippen LogP) is 0.985. The number of carbonyl (C=O) groups excluding carboxylic acids is 1. The van der Waals surface area contributed by atoms with Gasteiger partial charge in [0.15, 0.2) is 0 Å². The fourth-order valence-corrected chi connectivity index (χ4v) is 1.92. The number of carbonyl (C=O) groups is 1. The molecule has 0 saturated carbocycles. The van der Waals surface area contributed by atoms with Gasteiger partial charge in [0.05, 0.1) is 0 Å². The third kappa shape index (κ3) is 5.71. The van der Waals surface area contributed by atoms with Crippen molar-refractivity contribution >= 4 is 30.7 Å². The summed E-state index contributed by atoms with van der Waals surface area (Å²) in [7, 11) is 0. The zero-order chi connectivity index (χ0) is 11.2. The number of halogens is 2. The number of aromatic nitrogens is 2. The van der Waals surface area contributed by atoms with Crippen LogP contribution in [0.2, 0.25) is 0 Å². The van der Waals surface area contributed by atoms with Crippen LogP contribution >= 0.6 is 24.8 Å². The molecule has 0 aromatic carbocycles. The number of rotatable bonds is 4. The number of nitrogens with one attached hydrogen (secondary N) is 2. The monoisotopic (exact) mass is 294 g/mol. The van der Waals surface area contributed by atoms with E-state index >= 15 is 0 Å². The molecule has 1 aromatic heterocycles. The van der Waals surface area contributed by atoms with Crippen LogP contribution in [-0.2, 0) is 11.3 Å². The normalized spacial score (nSPS) is 18.3. The molecule has 0 bridgehead atoms. The Hall–Kier alpha value is -0.780. The quantitative estimate of drug-likeness (QED) is 0.871. The molecule has 1 amide bonds. The van der Waals surface area contributed by atoms with E-state index in [0.29, 0.717) is 19.0 Å². The average Bonchev–Trinajstić information content (AvgIpc) is 2.81. The highest BCUT2D eigenvalue weighted by molar-refractivity contribution is 5.85. The van der Waals surface area contributed by atoms with E-state index in [1.165, 1.54) is 0 Å². The molecule has 7 heteroatoms. The van der Waals surface area contributed by atoms with Gasteiger partial charge in [-0.05, 0) is 25.5 Å². The van der Waals surface area contributed by atoms with Gasteiger partial charge in [-0.15, -0.1) is 24.8 Å².